The van der Waals surface area contributed by atoms with Crippen LogP contribution in [-0.4, -0.2) is 71.1 Å². The number of aliphatic hydroxyl groups is 1. The van der Waals surface area contributed by atoms with Crippen LogP contribution in [0.1, 0.15) is 149 Å². The number of phosphoric acid groups is 1. The number of aliphatic carboxylic acids is 1. The van der Waals surface area contributed by atoms with E-state index in [2.05, 4.69) is 73.1 Å². The Balaban J connectivity index is 4.58. The van der Waals surface area contributed by atoms with Crippen molar-refractivity contribution in [3.05, 3.63) is 85.1 Å². The van der Waals surface area contributed by atoms with E-state index in [0.29, 0.717) is 32.1 Å². The highest BCUT2D eigenvalue weighted by molar-refractivity contribution is 7.47. The Bertz CT molecular complexity index is 1340. The lowest BCUT2D eigenvalue weighted by Gasteiger charge is -2.20. The minimum absolute atomic E-state index is 0.0552. The predicted octanol–water partition coefficient (Wildman–Crippen LogP) is 10.5. The molecule has 0 rings (SSSR count). The largest absolute Gasteiger partial charge is 0.480 e. The summed E-state index contributed by atoms with van der Waals surface area (Å²) in [5, 5.41) is 18.6. The number of esters is 2. The third-order valence-corrected chi connectivity index (χ3v) is 9.62. The first-order valence-electron chi connectivity index (χ1n) is 21.7. The number of aliphatic hydroxyl groups excluding tert-OH is 1. The van der Waals surface area contributed by atoms with Crippen molar-refractivity contribution in [1.29, 1.82) is 0 Å². The van der Waals surface area contributed by atoms with Crippen LogP contribution in [0.4, 0.5) is 0 Å². The van der Waals surface area contributed by atoms with Crippen LogP contribution in [0, 0.1) is 0 Å². The maximum atomic E-state index is 12.6. The van der Waals surface area contributed by atoms with E-state index in [1.165, 1.54) is 38.5 Å². The third kappa shape index (κ3) is 39.8. The van der Waals surface area contributed by atoms with Gasteiger partial charge in [0, 0.05) is 12.8 Å². The number of unbranched alkanes of at least 4 members (excludes halogenated alkanes) is 8. The summed E-state index contributed by atoms with van der Waals surface area (Å²) in [5.74, 6) is -2.56. The molecule has 0 fully saturated rings. The first-order valence-corrected chi connectivity index (χ1v) is 23.2. The number of nitrogens with two attached hydrogens (primary N) is 1. The molecule has 5 N–H and O–H groups in total. The van der Waals surface area contributed by atoms with Crippen LogP contribution in [0.15, 0.2) is 85.1 Å². The zero-order chi connectivity index (χ0) is 43.7. The van der Waals surface area contributed by atoms with Crippen molar-refractivity contribution < 1.29 is 52.6 Å². The van der Waals surface area contributed by atoms with Gasteiger partial charge in [-0.3, -0.25) is 23.4 Å². The number of carboxylic acids is 1. The monoisotopic (exact) mass is 850 g/mol. The van der Waals surface area contributed by atoms with Gasteiger partial charge in [0.25, 0.3) is 0 Å². The molecule has 0 bridgehead atoms. The summed E-state index contributed by atoms with van der Waals surface area (Å²) in [7, 11) is -4.76. The van der Waals surface area contributed by atoms with Crippen LogP contribution in [-0.2, 0) is 37.5 Å². The number of carboxylic acid groups (broad SMARTS) is 1. The fourth-order valence-electron chi connectivity index (χ4n) is 5.26. The molecule has 0 amide bonds. The first-order chi connectivity index (χ1) is 28.5. The molecule has 0 heterocycles. The highest BCUT2D eigenvalue weighted by Gasteiger charge is 2.28. The number of allylic oxidation sites excluding steroid dienone is 13. The van der Waals surface area contributed by atoms with Crippen molar-refractivity contribution in [3.63, 3.8) is 0 Å². The van der Waals surface area contributed by atoms with Crippen LogP contribution in [0.3, 0.4) is 0 Å². The molecule has 0 radical (unpaired) electrons. The second-order valence-corrected chi connectivity index (χ2v) is 15.8. The van der Waals surface area contributed by atoms with Gasteiger partial charge in [0.2, 0.25) is 0 Å². The molecule has 59 heavy (non-hydrogen) atoms. The normalized spacial score (nSPS) is 15.1. The summed E-state index contributed by atoms with van der Waals surface area (Å²) >= 11 is 0. The Morgan fingerprint density at radius 2 is 1.05 bits per heavy atom. The summed E-state index contributed by atoms with van der Waals surface area (Å²) in [6.45, 7) is 2.46. The van der Waals surface area contributed by atoms with Crippen molar-refractivity contribution in [1.82, 2.24) is 0 Å². The summed E-state index contributed by atoms with van der Waals surface area (Å²) in [6.07, 6.45) is 45.8. The highest BCUT2D eigenvalue weighted by Crippen LogP contribution is 2.43. The fraction of sp³-hybridized carbons (Fsp3) is 0.630. The fourth-order valence-corrected chi connectivity index (χ4v) is 6.04. The summed E-state index contributed by atoms with van der Waals surface area (Å²) in [6, 6.07) is -1.55. The van der Waals surface area contributed by atoms with Crippen LogP contribution >= 0.6 is 7.82 Å². The van der Waals surface area contributed by atoms with E-state index < -0.39 is 57.7 Å². The van der Waals surface area contributed by atoms with Crippen molar-refractivity contribution >= 4 is 25.7 Å². The molecule has 13 heteroatoms. The lowest BCUT2D eigenvalue weighted by molar-refractivity contribution is -0.161. The van der Waals surface area contributed by atoms with Gasteiger partial charge in [-0.1, -0.05) is 137 Å². The van der Waals surface area contributed by atoms with Crippen molar-refractivity contribution in [2.45, 2.75) is 167 Å². The number of ether oxygens (including phenoxy) is 2. The number of hydrogen-bond donors (Lipinski definition) is 4. The number of carbonyl (C=O) groups excluding carboxylic acids is 2. The smallest absolute Gasteiger partial charge is 0.472 e. The number of carbonyl (C=O) groups is 3. The van der Waals surface area contributed by atoms with Gasteiger partial charge in [0.15, 0.2) is 6.10 Å². The molecule has 336 valence electrons. The molecule has 12 nitrogen and oxygen atoms in total. The van der Waals surface area contributed by atoms with E-state index in [0.717, 1.165) is 51.4 Å². The Morgan fingerprint density at radius 1 is 0.593 bits per heavy atom. The molecular formula is C46H76NO11P. The number of hydrogen-bond acceptors (Lipinski definition) is 10. The Morgan fingerprint density at radius 3 is 1.58 bits per heavy atom. The van der Waals surface area contributed by atoms with Gasteiger partial charge in [-0.2, -0.15) is 0 Å². The maximum Gasteiger partial charge on any atom is 0.472 e. The molecule has 0 aromatic rings. The Kier molecular flexibility index (Phi) is 37.8. The van der Waals surface area contributed by atoms with E-state index in [4.69, 9.17) is 24.8 Å². The molecule has 2 unspecified atom stereocenters. The van der Waals surface area contributed by atoms with Crippen molar-refractivity contribution in [2.75, 3.05) is 19.8 Å². The molecule has 0 aliphatic carbocycles. The van der Waals surface area contributed by atoms with E-state index in [1.54, 1.807) is 0 Å². The lowest BCUT2D eigenvalue weighted by Crippen LogP contribution is -2.34. The first kappa shape index (κ1) is 55.6. The van der Waals surface area contributed by atoms with Crippen molar-refractivity contribution in [2.24, 2.45) is 5.73 Å². The summed E-state index contributed by atoms with van der Waals surface area (Å²) < 4.78 is 32.5. The van der Waals surface area contributed by atoms with Crippen LogP contribution in [0.2, 0.25) is 0 Å². The standard InChI is InChI=1S/C46H76NO11P/c1-3-5-6-7-8-9-10-11-12-13-14-17-20-23-26-29-32-36-44(49)55-38-42(39-56-59(53,54)57-40-43(47)46(51)52)58-45(50)37-33-30-27-24-21-18-15-16-19-22-25-28-31-35-41(48)34-4-2/h11-12,14-15,17-19,22-24,26-28,31,41-43,48H,3-10,13,16,20-21,25,29-30,32-40,47H2,1-2H3,(H,51,52)(H,53,54)/b12-11-,17-14-,18-15-,22-19-,26-23-,27-24-,31-28-/t41?,42-,43+/m1/s1. The maximum absolute atomic E-state index is 12.6. The van der Waals surface area contributed by atoms with Crippen LogP contribution in [0.25, 0.3) is 0 Å². The van der Waals surface area contributed by atoms with E-state index in [9.17, 15) is 28.9 Å². The summed E-state index contributed by atoms with van der Waals surface area (Å²) in [5.41, 5.74) is 5.32. The van der Waals surface area contributed by atoms with E-state index in [1.807, 2.05) is 30.4 Å². The topological polar surface area (TPSA) is 192 Å². The Labute approximate surface area is 355 Å². The molecule has 0 aliphatic rings. The molecule has 0 aliphatic heterocycles. The molecular weight excluding hydrogens is 773 g/mol. The average molecular weight is 850 g/mol. The van der Waals surface area contributed by atoms with Gasteiger partial charge >= 0.3 is 25.7 Å². The zero-order valence-corrected chi connectivity index (χ0v) is 36.8. The molecule has 0 saturated heterocycles. The molecule has 0 saturated carbocycles. The molecule has 0 aromatic carbocycles. The van der Waals surface area contributed by atoms with Crippen molar-refractivity contribution in [3.8, 4) is 0 Å². The van der Waals surface area contributed by atoms with Crippen LogP contribution < -0.4 is 5.73 Å². The van der Waals surface area contributed by atoms with Crippen LogP contribution in [0.5, 0.6) is 0 Å². The van der Waals surface area contributed by atoms with Gasteiger partial charge in [0.05, 0.1) is 19.3 Å². The molecule has 0 spiro atoms. The highest BCUT2D eigenvalue weighted by atomic mass is 31.2. The number of phosphoric ester groups is 1. The SMILES string of the molecule is CCCCCCCC/C=C\C/C=C\C/C=C\CCCC(=O)OC[C@H](COP(=O)(O)OC[C@H](N)C(=O)O)OC(=O)CCC/C=C\C/C=C\C/C=C\C/C=C\CC(O)CCC. The second-order valence-electron chi connectivity index (χ2n) is 14.3. The minimum atomic E-state index is -4.76. The summed E-state index contributed by atoms with van der Waals surface area (Å²) in [4.78, 5) is 45.9. The van der Waals surface area contributed by atoms with E-state index in [-0.39, 0.29) is 18.9 Å². The van der Waals surface area contributed by atoms with Gasteiger partial charge in [-0.25, -0.2) is 4.57 Å². The van der Waals surface area contributed by atoms with Gasteiger partial charge in [-0.15, -0.1) is 0 Å². The minimum Gasteiger partial charge on any atom is -0.480 e. The lowest BCUT2D eigenvalue weighted by atomic mass is 10.1. The molecule has 4 atom stereocenters. The molecule has 0 aromatic heterocycles. The quantitative estimate of drug-likeness (QED) is 0.0198. The van der Waals surface area contributed by atoms with E-state index >= 15 is 0 Å². The third-order valence-electron chi connectivity index (χ3n) is 8.67. The average Bonchev–Trinajstić information content (AvgIpc) is 3.20. The van der Waals surface area contributed by atoms with Gasteiger partial charge < -0.3 is 30.3 Å². The zero-order valence-electron chi connectivity index (χ0n) is 35.9. The van der Waals surface area contributed by atoms with Gasteiger partial charge in [0.1, 0.15) is 12.6 Å². The van der Waals surface area contributed by atoms with Gasteiger partial charge in [-0.05, 0) is 83.5 Å². The number of rotatable bonds is 39. The predicted molar refractivity (Wildman–Crippen MR) is 236 cm³/mol. The Hall–Kier alpha value is -3.38. The second kappa shape index (κ2) is 40.0.